The summed E-state index contributed by atoms with van der Waals surface area (Å²) in [6.07, 6.45) is 0. The Balaban J connectivity index is 2.14. The van der Waals surface area contributed by atoms with Crippen LogP contribution in [0.4, 0.5) is 14.5 Å². The van der Waals surface area contributed by atoms with E-state index in [0.29, 0.717) is 18.0 Å². The van der Waals surface area contributed by atoms with E-state index in [1.807, 2.05) is 6.92 Å². The molecule has 2 aromatic rings. The lowest BCUT2D eigenvalue weighted by molar-refractivity contribution is 0.413. The summed E-state index contributed by atoms with van der Waals surface area (Å²) >= 11 is 0. The van der Waals surface area contributed by atoms with Gasteiger partial charge in [0.1, 0.15) is 17.4 Å². The van der Waals surface area contributed by atoms with Gasteiger partial charge in [0.05, 0.1) is 12.8 Å². The molecule has 0 spiro atoms. The van der Waals surface area contributed by atoms with E-state index in [1.165, 1.54) is 31.4 Å². The van der Waals surface area contributed by atoms with Gasteiger partial charge in [0.15, 0.2) is 0 Å². The zero-order chi connectivity index (χ0) is 13.8. The maximum atomic E-state index is 13.1. The maximum absolute atomic E-state index is 13.1. The second-order valence-corrected chi connectivity index (χ2v) is 4.27. The van der Waals surface area contributed by atoms with Crippen LogP contribution in [0.5, 0.6) is 5.75 Å². The molecule has 0 heterocycles. The molecule has 0 aliphatic rings. The van der Waals surface area contributed by atoms with Crippen LogP contribution in [0.3, 0.4) is 0 Å². The van der Waals surface area contributed by atoms with Gasteiger partial charge in [-0.2, -0.15) is 0 Å². The molecule has 2 nitrogen and oxygen atoms in total. The van der Waals surface area contributed by atoms with Crippen molar-refractivity contribution < 1.29 is 13.5 Å². The Kier molecular flexibility index (Phi) is 4.00. The van der Waals surface area contributed by atoms with Gasteiger partial charge in [0.2, 0.25) is 0 Å². The number of benzene rings is 2. The fourth-order valence-corrected chi connectivity index (χ4v) is 1.86. The molecule has 100 valence electrons. The first-order valence-electron chi connectivity index (χ1n) is 5.92. The Labute approximate surface area is 111 Å². The largest absolute Gasteiger partial charge is 0.494 e. The summed E-state index contributed by atoms with van der Waals surface area (Å²) in [5, 5.41) is 3.15. The predicted octanol–water partition coefficient (Wildman–Crippen LogP) is 3.89. The van der Waals surface area contributed by atoms with Crippen molar-refractivity contribution in [3.05, 3.63) is 59.2 Å². The highest BCUT2D eigenvalue weighted by Crippen LogP contribution is 2.25. The van der Waals surface area contributed by atoms with Crippen molar-refractivity contribution >= 4 is 5.69 Å². The van der Waals surface area contributed by atoms with Crippen LogP contribution in [0.2, 0.25) is 0 Å². The summed E-state index contributed by atoms with van der Waals surface area (Å²) in [6, 6.07) is 8.94. The summed E-state index contributed by atoms with van der Waals surface area (Å²) < 4.78 is 31.1. The first kappa shape index (κ1) is 13.3. The Morgan fingerprint density at radius 3 is 2.42 bits per heavy atom. The molecule has 2 rings (SSSR count). The lowest BCUT2D eigenvalue weighted by Gasteiger charge is -2.12. The number of hydrogen-bond acceptors (Lipinski definition) is 2. The lowest BCUT2D eigenvalue weighted by Crippen LogP contribution is -2.03. The number of nitrogens with one attached hydrogen (secondary N) is 1. The minimum Gasteiger partial charge on any atom is -0.494 e. The van der Waals surface area contributed by atoms with Crippen LogP contribution >= 0.6 is 0 Å². The van der Waals surface area contributed by atoms with Crippen LogP contribution in [-0.4, -0.2) is 7.11 Å². The number of ether oxygens (including phenoxy) is 1. The second-order valence-electron chi connectivity index (χ2n) is 4.27. The molecular weight excluding hydrogens is 248 g/mol. The van der Waals surface area contributed by atoms with Crippen molar-refractivity contribution in [1.82, 2.24) is 0 Å². The Bertz CT molecular complexity index is 584. The van der Waals surface area contributed by atoms with Crippen LogP contribution in [-0.2, 0) is 6.54 Å². The van der Waals surface area contributed by atoms with E-state index in [2.05, 4.69) is 5.32 Å². The van der Waals surface area contributed by atoms with Crippen LogP contribution < -0.4 is 10.1 Å². The van der Waals surface area contributed by atoms with Crippen molar-refractivity contribution in [1.29, 1.82) is 0 Å². The lowest BCUT2D eigenvalue weighted by atomic mass is 10.1. The van der Waals surface area contributed by atoms with E-state index in [0.717, 1.165) is 11.1 Å². The molecule has 0 unspecified atom stereocenters. The van der Waals surface area contributed by atoms with Crippen molar-refractivity contribution in [2.24, 2.45) is 0 Å². The Hall–Kier alpha value is -2.10. The van der Waals surface area contributed by atoms with Gasteiger partial charge in [-0.1, -0.05) is 6.07 Å². The molecule has 0 saturated heterocycles. The molecule has 0 radical (unpaired) electrons. The number of hydrogen-bond donors (Lipinski definition) is 1. The van der Waals surface area contributed by atoms with Crippen molar-refractivity contribution in [2.75, 3.05) is 12.4 Å². The van der Waals surface area contributed by atoms with Crippen LogP contribution in [0.1, 0.15) is 11.1 Å². The zero-order valence-corrected chi connectivity index (χ0v) is 10.8. The summed E-state index contributed by atoms with van der Waals surface area (Å²) in [6.45, 7) is 2.37. The van der Waals surface area contributed by atoms with Crippen LogP contribution in [0, 0.1) is 18.6 Å². The number of aryl methyl sites for hydroxylation is 1. The molecule has 0 atom stereocenters. The first-order chi connectivity index (χ1) is 9.10. The fourth-order valence-electron chi connectivity index (χ4n) is 1.86. The van der Waals surface area contributed by atoms with E-state index < -0.39 is 0 Å². The smallest absolute Gasteiger partial charge is 0.144 e. The Morgan fingerprint density at radius 2 is 1.74 bits per heavy atom. The minimum atomic E-state index is -0.347. The molecule has 1 N–H and O–H groups in total. The quantitative estimate of drug-likeness (QED) is 0.903. The number of halogens is 2. The minimum absolute atomic E-state index is 0.249. The maximum Gasteiger partial charge on any atom is 0.144 e. The van der Waals surface area contributed by atoms with Gasteiger partial charge in [-0.15, -0.1) is 0 Å². The van der Waals surface area contributed by atoms with Crippen LogP contribution in [0.25, 0.3) is 0 Å². The highest BCUT2D eigenvalue weighted by Gasteiger charge is 2.05. The first-order valence-corrected chi connectivity index (χ1v) is 5.92. The normalized spacial score (nSPS) is 10.3. The monoisotopic (exact) mass is 263 g/mol. The number of anilines is 1. The molecule has 0 saturated carbocycles. The molecule has 0 amide bonds. The third-order valence-corrected chi connectivity index (χ3v) is 2.94. The summed E-state index contributed by atoms with van der Waals surface area (Å²) in [7, 11) is 1.49. The summed E-state index contributed by atoms with van der Waals surface area (Å²) in [5.74, 6) is -0.152. The zero-order valence-electron chi connectivity index (χ0n) is 10.8. The highest BCUT2D eigenvalue weighted by molar-refractivity contribution is 5.56. The molecular formula is C15H15F2NO. The fraction of sp³-hybridized carbons (Fsp3) is 0.200. The molecule has 0 fully saturated rings. The van der Waals surface area contributed by atoms with E-state index in [-0.39, 0.29) is 11.6 Å². The van der Waals surface area contributed by atoms with Crippen molar-refractivity contribution in [3.63, 3.8) is 0 Å². The average Bonchev–Trinajstić information content (AvgIpc) is 2.39. The third-order valence-electron chi connectivity index (χ3n) is 2.94. The summed E-state index contributed by atoms with van der Waals surface area (Å²) in [5.41, 5.74) is 2.55. The topological polar surface area (TPSA) is 21.3 Å². The SMILES string of the molecule is COc1cc(F)ccc1NCc1ccc(F)cc1C. The number of rotatable bonds is 4. The molecule has 0 aromatic heterocycles. The predicted molar refractivity (Wildman–Crippen MR) is 71.4 cm³/mol. The number of methoxy groups -OCH3 is 1. The van der Waals surface area contributed by atoms with Gasteiger partial charge >= 0.3 is 0 Å². The molecule has 19 heavy (non-hydrogen) atoms. The van der Waals surface area contributed by atoms with Gasteiger partial charge < -0.3 is 10.1 Å². The van der Waals surface area contributed by atoms with E-state index >= 15 is 0 Å². The van der Waals surface area contributed by atoms with E-state index in [4.69, 9.17) is 4.74 Å². The molecule has 4 heteroatoms. The van der Waals surface area contributed by atoms with Crippen molar-refractivity contribution in [3.8, 4) is 5.75 Å². The second kappa shape index (κ2) is 5.69. The van der Waals surface area contributed by atoms with Crippen LogP contribution in [0.15, 0.2) is 36.4 Å². The van der Waals surface area contributed by atoms with E-state index in [1.54, 1.807) is 12.1 Å². The Morgan fingerprint density at radius 1 is 1.05 bits per heavy atom. The van der Waals surface area contributed by atoms with Gasteiger partial charge in [-0.25, -0.2) is 8.78 Å². The molecule has 0 aliphatic heterocycles. The molecule has 0 aliphatic carbocycles. The third kappa shape index (κ3) is 3.22. The van der Waals surface area contributed by atoms with E-state index in [9.17, 15) is 8.78 Å². The van der Waals surface area contributed by atoms with Crippen molar-refractivity contribution in [2.45, 2.75) is 13.5 Å². The molecule has 0 bridgehead atoms. The molecule has 2 aromatic carbocycles. The van der Waals surface area contributed by atoms with Gasteiger partial charge in [-0.05, 0) is 42.3 Å². The summed E-state index contributed by atoms with van der Waals surface area (Å²) in [4.78, 5) is 0. The van der Waals surface area contributed by atoms with Gasteiger partial charge in [0.25, 0.3) is 0 Å². The average molecular weight is 263 g/mol. The van der Waals surface area contributed by atoms with Gasteiger partial charge in [0, 0.05) is 12.6 Å². The van der Waals surface area contributed by atoms with Gasteiger partial charge in [-0.3, -0.25) is 0 Å². The standard InChI is InChI=1S/C15H15F2NO/c1-10-7-12(16)4-3-11(10)9-18-14-6-5-13(17)8-15(14)19-2/h3-8,18H,9H2,1-2H3. The highest BCUT2D eigenvalue weighted by atomic mass is 19.1.